The maximum absolute atomic E-state index is 11.0. The average molecular weight is 283 g/mol. The van der Waals surface area contributed by atoms with Crippen molar-refractivity contribution in [2.75, 3.05) is 4.90 Å². The zero-order valence-corrected chi connectivity index (χ0v) is 11.0. The summed E-state index contributed by atoms with van der Waals surface area (Å²) in [7, 11) is 0. The first-order chi connectivity index (χ1) is 10.1. The third-order valence-corrected chi connectivity index (χ3v) is 3.32. The Kier molecular flexibility index (Phi) is 3.03. The highest BCUT2D eigenvalue weighted by molar-refractivity contribution is 5.99. The maximum atomic E-state index is 11.0. The molecule has 7 nitrogen and oxygen atoms in total. The molecular formula is C14H13N5O2. The molecule has 0 bridgehead atoms. The van der Waals surface area contributed by atoms with Crippen molar-refractivity contribution < 1.29 is 4.92 Å². The van der Waals surface area contributed by atoms with E-state index in [9.17, 15) is 10.1 Å². The van der Waals surface area contributed by atoms with E-state index in [1.54, 1.807) is 4.90 Å². The number of rotatable bonds is 2. The Hall–Kier alpha value is -2.93. The summed E-state index contributed by atoms with van der Waals surface area (Å²) in [4.78, 5) is 15.9. The largest absolute Gasteiger partial charge is 0.378 e. The summed E-state index contributed by atoms with van der Waals surface area (Å²) in [5.41, 5.74) is 12.0. The number of nitro groups is 1. The van der Waals surface area contributed by atoms with Crippen molar-refractivity contribution in [1.82, 2.24) is 0 Å². The van der Waals surface area contributed by atoms with E-state index in [0.29, 0.717) is 0 Å². The predicted molar refractivity (Wildman–Crippen MR) is 81.1 cm³/mol. The van der Waals surface area contributed by atoms with Gasteiger partial charge in [0, 0.05) is 5.39 Å². The first-order valence-electron chi connectivity index (χ1n) is 6.29. The van der Waals surface area contributed by atoms with Crippen molar-refractivity contribution in [2.24, 2.45) is 16.5 Å². The lowest BCUT2D eigenvalue weighted by atomic mass is 10.1. The number of nitrogens with two attached hydrogens (primary N) is 2. The van der Waals surface area contributed by atoms with E-state index in [0.717, 1.165) is 16.5 Å². The molecule has 106 valence electrons. The number of aliphatic imine (C=N–C) groups is 1. The van der Waals surface area contributed by atoms with E-state index >= 15 is 0 Å². The molecule has 0 fully saturated rings. The average Bonchev–Trinajstić information content (AvgIpc) is 2.46. The van der Waals surface area contributed by atoms with Gasteiger partial charge in [0.25, 0.3) is 0 Å². The van der Waals surface area contributed by atoms with Gasteiger partial charge in [-0.15, -0.1) is 0 Å². The molecule has 2 aromatic carbocycles. The Morgan fingerprint density at radius 2 is 1.90 bits per heavy atom. The molecule has 2 aromatic rings. The van der Waals surface area contributed by atoms with Crippen LogP contribution in [0.25, 0.3) is 10.8 Å². The van der Waals surface area contributed by atoms with Crippen molar-refractivity contribution in [1.29, 1.82) is 0 Å². The van der Waals surface area contributed by atoms with Crippen LogP contribution in [-0.2, 0) is 0 Å². The fourth-order valence-corrected chi connectivity index (χ4v) is 2.33. The van der Waals surface area contributed by atoms with E-state index in [1.807, 2.05) is 42.5 Å². The molecule has 0 saturated carbocycles. The van der Waals surface area contributed by atoms with Crippen LogP contribution in [0.15, 0.2) is 59.4 Å². The van der Waals surface area contributed by atoms with Crippen molar-refractivity contribution in [3.63, 3.8) is 0 Å². The summed E-state index contributed by atoms with van der Waals surface area (Å²) in [6, 6.07) is 13.4. The molecule has 0 aromatic heterocycles. The Morgan fingerprint density at radius 3 is 2.67 bits per heavy atom. The van der Waals surface area contributed by atoms with Gasteiger partial charge >= 0.3 is 5.70 Å². The molecule has 0 radical (unpaired) electrons. The van der Waals surface area contributed by atoms with E-state index in [1.165, 1.54) is 6.20 Å². The fourth-order valence-electron chi connectivity index (χ4n) is 2.33. The van der Waals surface area contributed by atoms with Crippen LogP contribution in [0.2, 0.25) is 0 Å². The van der Waals surface area contributed by atoms with Gasteiger partial charge in [-0.2, -0.15) is 0 Å². The lowest BCUT2D eigenvalue weighted by molar-refractivity contribution is -0.415. The highest BCUT2D eigenvalue weighted by Gasteiger charge is 2.28. The third kappa shape index (κ3) is 2.19. The van der Waals surface area contributed by atoms with Crippen LogP contribution < -0.4 is 16.4 Å². The minimum atomic E-state index is -0.792. The monoisotopic (exact) mass is 283 g/mol. The normalized spacial score (nSPS) is 18.3. The lowest BCUT2D eigenvalue weighted by Crippen LogP contribution is -2.44. The van der Waals surface area contributed by atoms with Crippen LogP contribution in [0.1, 0.15) is 0 Å². The minimum absolute atomic E-state index is 0.163. The Labute approximate surface area is 120 Å². The van der Waals surface area contributed by atoms with Gasteiger partial charge in [-0.1, -0.05) is 36.4 Å². The summed E-state index contributed by atoms with van der Waals surface area (Å²) in [5.74, 6) is -0.163. The molecule has 1 aliphatic heterocycles. The van der Waals surface area contributed by atoms with Gasteiger partial charge in [0.05, 0.1) is 16.8 Å². The maximum Gasteiger partial charge on any atom is 0.326 e. The first kappa shape index (κ1) is 13.1. The topological polar surface area (TPSA) is 111 Å². The molecule has 21 heavy (non-hydrogen) atoms. The molecule has 3 rings (SSSR count). The van der Waals surface area contributed by atoms with Crippen LogP contribution in [0.4, 0.5) is 5.69 Å². The van der Waals surface area contributed by atoms with Crippen LogP contribution in [0.3, 0.4) is 0 Å². The van der Waals surface area contributed by atoms with Gasteiger partial charge in [0.15, 0.2) is 6.29 Å². The first-order valence-corrected chi connectivity index (χ1v) is 6.29. The van der Waals surface area contributed by atoms with E-state index < -0.39 is 11.2 Å². The number of hydrogen-bond donors (Lipinski definition) is 2. The minimum Gasteiger partial charge on any atom is -0.378 e. The van der Waals surface area contributed by atoms with Crippen LogP contribution in [0, 0.1) is 10.1 Å². The molecule has 0 aliphatic carbocycles. The van der Waals surface area contributed by atoms with Gasteiger partial charge in [-0.3, -0.25) is 15.8 Å². The Morgan fingerprint density at radius 1 is 1.19 bits per heavy atom. The summed E-state index contributed by atoms with van der Waals surface area (Å²) < 4.78 is 0. The summed E-state index contributed by atoms with van der Waals surface area (Å²) in [6.07, 6.45) is 0.536. The van der Waals surface area contributed by atoms with Crippen molar-refractivity contribution in [3.05, 3.63) is 64.5 Å². The predicted octanol–water partition coefficient (Wildman–Crippen LogP) is 1.38. The standard InChI is InChI=1S/C14H13N5O2/c15-13-12(19(20)21)8-18(14(16)17-13)11-7-3-5-9-4-1-2-6-10(9)11/h1-8,14H,16H2,(H2,15,17). The second-order valence-corrected chi connectivity index (χ2v) is 4.60. The molecule has 1 aliphatic rings. The SMILES string of the molecule is NC1=NC(N)N(c2cccc3ccccc23)C=C1[N+](=O)[O-]. The van der Waals surface area contributed by atoms with Gasteiger partial charge in [-0.25, -0.2) is 4.99 Å². The second kappa shape index (κ2) is 4.88. The molecular weight excluding hydrogens is 270 g/mol. The molecule has 0 amide bonds. The van der Waals surface area contributed by atoms with Crippen molar-refractivity contribution in [3.8, 4) is 0 Å². The Balaban J connectivity index is 2.16. The van der Waals surface area contributed by atoms with Crippen molar-refractivity contribution >= 4 is 22.3 Å². The van der Waals surface area contributed by atoms with Crippen molar-refractivity contribution in [2.45, 2.75) is 6.29 Å². The number of benzene rings is 2. The third-order valence-electron chi connectivity index (χ3n) is 3.32. The molecule has 0 spiro atoms. The summed E-state index contributed by atoms with van der Waals surface area (Å²) >= 11 is 0. The zero-order chi connectivity index (χ0) is 15.0. The second-order valence-electron chi connectivity index (χ2n) is 4.60. The van der Waals surface area contributed by atoms with E-state index in [4.69, 9.17) is 11.5 Å². The highest BCUT2D eigenvalue weighted by atomic mass is 16.6. The molecule has 1 heterocycles. The van der Waals surface area contributed by atoms with Crippen LogP contribution >= 0.6 is 0 Å². The van der Waals surface area contributed by atoms with Crippen LogP contribution in [0.5, 0.6) is 0 Å². The molecule has 1 unspecified atom stereocenters. The fraction of sp³-hybridized carbons (Fsp3) is 0.0714. The lowest BCUT2D eigenvalue weighted by Gasteiger charge is -2.28. The van der Waals surface area contributed by atoms with E-state index in [2.05, 4.69) is 4.99 Å². The quantitative estimate of drug-likeness (QED) is 0.639. The zero-order valence-electron chi connectivity index (χ0n) is 11.0. The van der Waals surface area contributed by atoms with Gasteiger partial charge < -0.3 is 10.6 Å². The molecule has 4 N–H and O–H groups in total. The Bertz CT molecular complexity index is 779. The summed E-state index contributed by atoms with van der Waals surface area (Å²) in [6.45, 7) is 0. The molecule has 7 heteroatoms. The number of fused-ring (bicyclic) bond motifs is 1. The van der Waals surface area contributed by atoms with Gasteiger partial charge in [-0.05, 0) is 11.5 Å². The highest BCUT2D eigenvalue weighted by Crippen LogP contribution is 2.29. The molecule has 0 saturated heterocycles. The smallest absolute Gasteiger partial charge is 0.326 e. The van der Waals surface area contributed by atoms with E-state index in [-0.39, 0.29) is 11.5 Å². The van der Waals surface area contributed by atoms with Gasteiger partial charge in [0.2, 0.25) is 5.84 Å². The van der Waals surface area contributed by atoms with Gasteiger partial charge in [0.1, 0.15) is 0 Å². The van der Waals surface area contributed by atoms with Crippen LogP contribution in [-0.4, -0.2) is 17.0 Å². The number of amidine groups is 1. The number of nitrogens with zero attached hydrogens (tertiary/aromatic N) is 3. The molecule has 1 atom stereocenters. The number of hydrogen-bond acceptors (Lipinski definition) is 6. The number of anilines is 1. The summed E-state index contributed by atoms with van der Waals surface area (Å²) in [5, 5.41) is 13.0.